The first-order valence-corrected chi connectivity index (χ1v) is 6.67. The Labute approximate surface area is 111 Å². The summed E-state index contributed by atoms with van der Waals surface area (Å²) < 4.78 is 5.52. The van der Waals surface area contributed by atoms with Crippen LogP contribution in [-0.2, 0) is 0 Å². The molecule has 1 heterocycles. The minimum atomic E-state index is -0.305. The standard InChI is InChI=1S/C15H27NO2/c1-10-7-14(12(3)18-10)11(2)16-9-13(17)8-15(4,5)6/h7,11,13,16-17H,8-9H2,1-6H3. The SMILES string of the molecule is Cc1cc(C(C)NCC(O)CC(C)(C)C)c(C)o1. The van der Waals surface area contributed by atoms with Gasteiger partial charge in [-0.1, -0.05) is 20.8 Å². The lowest BCUT2D eigenvalue weighted by molar-refractivity contribution is 0.117. The first-order valence-electron chi connectivity index (χ1n) is 6.67. The van der Waals surface area contributed by atoms with Crippen LogP contribution in [0.2, 0.25) is 0 Å². The first-order chi connectivity index (χ1) is 8.19. The smallest absolute Gasteiger partial charge is 0.105 e. The molecule has 2 atom stereocenters. The lowest BCUT2D eigenvalue weighted by atomic mass is 9.89. The summed E-state index contributed by atoms with van der Waals surface area (Å²) in [5.74, 6) is 1.89. The van der Waals surface area contributed by atoms with Crippen molar-refractivity contribution in [2.24, 2.45) is 5.41 Å². The summed E-state index contributed by atoms with van der Waals surface area (Å²) in [6.45, 7) is 13.1. The molecule has 1 aromatic rings. The number of aliphatic hydroxyl groups is 1. The van der Waals surface area contributed by atoms with Crippen LogP contribution in [0.4, 0.5) is 0 Å². The van der Waals surface area contributed by atoms with Crippen molar-refractivity contribution in [2.45, 2.75) is 60.1 Å². The van der Waals surface area contributed by atoms with Crippen molar-refractivity contribution >= 4 is 0 Å². The second-order valence-electron chi connectivity index (χ2n) is 6.42. The zero-order valence-corrected chi connectivity index (χ0v) is 12.5. The summed E-state index contributed by atoms with van der Waals surface area (Å²) in [7, 11) is 0. The van der Waals surface area contributed by atoms with Crippen LogP contribution in [0.3, 0.4) is 0 Å². The fourth-order valence-corrected chi connectivity index (χ4v) is 2.28. The molecular formula is C15H27NO2. The highest BCUT2D eigenvalue weighted by molar-refractivity contribution is 5.23. The van der Waals surface area contributed by atoms with E-state index in [-0.39, 0.29) is 17.6 Å². The van der Waals surface area contributed by atoms with Gasteiger partial charge in [-0.25, -0.2) is 0 Å². The molecule has 104 valence electrons. The van der Waals surface area contributed by atoms with Crippen molar-refractivity contribution in [3.8, 4) is 0 Å². The average molecular weight is 253 g/mol. The van der Waals surface area contributed by atoms with E-state index in [4.69, 9.17) is 4.42 Å². The lowest BCUT2D eigenvalue weighted by Crippen LogP contribution is -2.31. The monoisotopic (exact) mass is 253 g/mol. The van der Waals surface area contributed by atoms with Crippen LogP contribution in [0, 0.1) is 19.3 Å². The van der Waals surface area contributed by atoms with E-state index in [1.165, 1.54) is 5.56 Å². The van der Waals surface area contributed by atoms with Crippen LogP contribution in [0.25, 0.3) is 0 Å². The molecule has 0 aliphatic rings. The summed E-state index contributed by atoms with van der Waals surface area (Å²) in [6, 6.07) is 2.26. The molecule has 0 saturated carbocycles. The van der Waals surface area contributed by atoms with Gasteiger partial charge in [-0.05, 0) is 38.7 Å². The van der Waals surface area contributed by atoms with E-state index in [1.54, 1.807) is 0 Å². The minimum Gasteiger partial charge on any atom is -0.466 e. The molecule has 0 aliphatic carbocycles. The quantitative estimate of drug-likeness (QED) is 0.846. The number of rotatable bonds is 5. The fourth-order valence-electron chi connectivity index (χ4n) is 2.28. The van der Waals surface area contributed by atoms with Crippen LogP contribution in [0.5, 0.6) is 0 Å². The van der Waals surface area contributed by atoms with Gasteiger partial charge in [0, 0.05) is 18.2 Å². The van der Waals surface area contributed by atoms with E-state index in [1.807, 2.05) is 13.8 Å². The third-order valence-corrected chi connectivity index (χ3v) is 3.05. The molecule has 18 heavy (non-hydrogen) atoms. The van der Waals surface area contributed by atoms with Crippen LogP contribution in [0.15, 0.2) is 10.5 Å². The van der Waals surface area contributed by atoms with E-state index in [0.717, 1.165) is 17.9 Å². The van der Waals surface area contributed by atoms with Crippen LogP contribution in [-0.4, -0.2) is 17.8 Å². The number of aryl methyl sites for hydroxylation is 2. The summed E-state index contributed by atoms with van der Waals surface area (Å²) in [4.78, 5) is 0. The summed E-state index contributed by atoms with van der Waals surface area (Å²) in [5, 5.41) is 13.3. The molecule has 3 heteroatoms. The molecule has 0 amide bonds. The maximum absolute atomic E-state index is 9.97. The third kappa shape index (κ3) is 4.83. The molecule has 1 rings (SSSR count). The zero-order valence-electron chi connectivity index (χ0n) is 12.5. The predicted octanol–water partition coefficient (Wildman–Crippen LogP) is 3.34. The second-order valence-corrected chi connectivity index (χ2v) is 6.42. The average Bonchev–Trinajstić information content (AvgIpc) is 2.52. The zero-order chi connectivity index (χ0) is 13.9. The molecule has 0 saturated heterocycles. The number of hydrogen-bond donors (Lipinski definition) is 2. The molecule has 3 nitrogen and oxygen atoms in total. The predicted molar refractivity (Wildman–Crippen MR) is 74.7 cm³/mol. The Balaban J connectivity index is 2.46. The summed E-state index contributed by atoms with van der Waals surface area (Å²) in [5.41, 5.74) is 1.34. The van der Waals surface area contributed by atoms with Crippen molar-refractivity contribution in [3.63, 3.8) is 0 Å². The van der Waals surface area contributed by atoms with Gasteiger partial charge in [0.25, 0.3) is 0 Å². The third-order valence-electron chi connectivity index (χ3n) is 3.05. The number of hydrogen-bond acceptors (Lipinski definition) is 3. The van der Waals surface area contributed by atoms with Crippen molar-refractivity contribution in [1.29, 1.82) is 0 Å². The maximum atomic E-state index is 9.97. The number of furan rings is 1. The van der Waals surface area contributed by atoms with Gasteiger partial charge in [0.15, 0.2) is 0 Å². The van der Waals surface area contributed by atoms with Crippen molar-refractivity contribution in [2.75, 3.05) is 6.54 Å². The van der Waals surface area contributed by atoms with E-state index >= 15 is 0 Å². The van der Waals surface area contributed by atoms with E-state index in [2.05, 4.69) is 39.1 Å². The molecule has 0 spiro atoms. The lowest BCUT2D eigenvalue weighted by Gasteiger charge is -2.24. The van der Waals surface area contributed by atoms with Crippen molar-refractivity contribution in [3.05, 3.63) is 23.2 Å². The highest BCUT2D eigenvalue weighted by Crippen LogP contribution is 2.23. The molecule has 0 radical (unpaired) electrons. The van der Waals surface area contributed by atoms with E-state index in [0.29, 0.717) is 6.54 Å². The normalized spacial score (nSPS) is 15.7. The van der Waals surface area contributed by atoms with Crippen LogP contribution >= 0.6 is 0 Å². The largest absolute Gasteiger partial charge is 0.466 e. The Morgan fingerprint density at radius 3 is 2.39 bits per heavy atom. The number of aliphatic hydroxyl groups excluding tert-OH is 1. The first kappa shape index (κ1) is 15.3. The summed E-state index contributed by atoms with van der Waals surface area (Å²) >= 11 is 0. The van der Waals surface area contributed by atoms with E-state index in [9.17, 15) is 5.11 Å². The van der Waals surface area contributed by atoms with Gasteiger partial charge in [-0.3, -0.25) is 0 Å². The molecule has 0 fully saturated rings. The molecule has 0 aliphatic heterocycles. The molecule has 0 aromatic carbocycles. The van der Waals surface area contributed by atoms with Crippen molar-refractivity contribution < 1.29 is 9.52 Å². The number of nitrogens with one attached hydrogen (secondary N) is 1. The van der Waals surface area contributed by atoms with Crippen molar-refractivity contribution in [1.82, 2.24) is 5.32 Å². The molecule has 1 aromatic heterocycles. The van der Waals surface area contributed by atoms with Gasteiger partial charge in [-0.2, -0.15) is 0 Å². The topological polar surface area (TPSA) is 45.4 Å². The Kier molecular flexibility index (Phi) is 5.00. The second kappa shape index (κ2) is 5.89. The molecule has 0 bridgehead atoms. The van der Waals surface area contributed by atoms with Gasteiger partial charge in [0.1, 0.15) is 11.5 Å². The molecule has 2 unspecified atom stereocenters. The fraction of sp³-hybridized carbons (Fsp3) is 0.733. The van der Waals surface area contributed by atoms with Crippen LogP contribution < -0.4 is 5.32 Å². The van der Waals surface area contributed by atoms with Crippen LogP contribution in [0.1, 0.15) is 57.2 Å². The highest BCUT2D eigenvalue weighted by Gasteiger charge is 2.18. The Morgan fingerprint density at radius 1 is 1.33 bits per heavy atom. The Morgan fingerprint density at radius 2 is 1.94 bits per heavy atom. The van der Waals surface area contributed by atoms with Gasteiger partial charge in [-0.15, -0.1) is 0 Å². The van der Waals surface area contributed by atoms with Gasteiger partial charge in [0.05, 0.1) is 6.10 Å². The maximum Gasteiger partial charge on any atom is 0.105 e. The highest BCUT2D eigenvalue weighted by atomic mass is 16.3. The van der Waals surface area contributed by atoms with Gasteiger partial charge in [0.2, 0.25) is 0 Å². The Hall–Kier alpha value is -0.800. The van der Waals surface area contributed by atoms with Gasteiger partial charge < -0.3 is 14.8 Å². The molecule has 2 N–H and O–H groups in total. The molecular weight excluding hydrogens is 226 g/mol. The Bertz CT molecular complexity index is 376. The summed E-state index contributed by atoms with van der Waals surface area (Å²) in [6.07, 6.45) is 0.497. The van der Waals surface area contributed by atoms with E-state index < -0.39 is 0 Å². The minimum absolute atomic E-state index is 0.159. The van der Waals surface area contributed by atoms with Gasteiger partial charge >= 0.3 is 0 Å².